The summed E-state index contributed by atoms with van der Waals surface area (Å²) in [6, 6.07) is 16.7. The third kappa shape index (κ3) is 3.63. The van der Waals surface area contributed by atoms with Gasteiger partial charge in [-0.2, -0.15) is 5.10 Å². The van der Waals surface area contributed by atoms with Gasteiger partial charge in [-0.05, 0) is 61.0 Å². The molecule has 3 heterocycles. The highest BCUT2D eigenvalue weighted by Crippen LogP contribution is 2.31. The lowest BCUT2D eigenvalue weighted by atomic mass is 9.93. The van der Waals surface area contributed by atoms with Crippen molar-refractivity contribution >= 4 is 16.8 Å². The molecule has 1 aliphatic heterocycles. The number of aromatic amines is 1. The molecule has 4 aromatic rings. The molecule has 5 nitrogen and oxygen atoms in total. The van der Waals surface area contributed by atoms with Crippen molar-refractivity contribution in [1.29, 1.82) is 0 Å². The summed E-state index contributed by atoms with van der Waals surface area (Å²) in [5.74, 6) is 0.174. The fraction of sp³-hybridized carbons (Fsp3) is 0.280. The molecule has 0 spiro atoms. The van der Waals surface area contributed by atoms with E-state index in [1.807, 2.05) is 17.9 Å². The Morgan fingerprint density at radius 3 is 2.58 bits per heavy atom. The highest BCUT2D eigenvalue weighted by atomic mass is 19.1. The van der Waals surface area contributed by atoms with E-state index in [0.29, 0.717) is 17.9 Å². The Hall–Kier alpha value is -3.41. The quantitative estimate of drug-likeness (QED) is 0.505. The van der Waals surface area contributed by atoms with E-state index in [1.165, 1.54) is 23.2 Å². The van der Waals surface area contributed by atoms with E-state index >= 15 is 0 Å². The minimum Gasteiger partial charge on any atom is -0.358 e. The van der Waals surface area contributed by atoms with Crippen molar-refractivity contribution in [1.82, 2.24) is 19.7 Å². The molecule has 31 heavy (non-hydrogen) atoms. The fourth-order valence-electron chi connectivity index (χ4n) is 4.58. The highest BCUT2D eigenvalue weighted by molar-refractivity contribution is 5.95. The molecule has 5 rings (SSSR count). The predicted octanol–water partition coefficient (Wildman–Crippen LogP) is 5.07. The van der Waals surface area contributed by atoms with Crippen LogP contribution in [-0.2, 0) is 6.42 Å². The van der Waals surface area contributed by atoms with Crippen molar-refractivity contribution in [2.75, 3.05) is 13.1 Å². The van der Waals surface area contributed by atoms with Crippen molar-refractivity contribution in [3.8, 4) is 5.69 Å². The number of aromatic nitrogens is 3. The van der Waals surface area contributed by atoms with Crippen LogP contribution in [-0.4, -0.2) is 38.7 Å². The lowest BCUT2D eigenvalue weighted by Crippen LogP contribution is -2.38. The number of rotatable bonds is 4. The molecule has 0 atom stereocenters. The SMILES string of the molecule is CCc1c(C(=O)N2CCC(c3cc4ccccc4[nH]3)CC2)cnn1-c1ccc(F)cc1. The molecule has 1 aliphatic rings. The number of piperidine rings is 1. The number of fused-ring (bicyclic) bond motifs is 1. The van der Waals surface area contributed by atoms with E-state index in [2.05, 4.69) is 34.3 Å². The van der Waals surface area contributed by atoms with Gasteiger partial charge in [0.05, 0.1) is 23.1 Å². The van der Waals surface area contributed by atoms with Crippen LogP contribution in [0, 0.1) is 5.82 Å². The monoisotopic (exact) mass is 416 g/mol. The zero-order chi connectivity index (χ0) is 21.4. The minimum atomic E-state index is -0.289. The lowest BCUT2D eigenvalue weighted by molar-refractivity contribution is 0.0711. The molecule has 1 N–H and O–H groups in total. The molecule has 2 aromatic carbocycles. The fourth-order valence-corrected chi connectivity index (χ4v) is 4.58. The maximum atomic E-state index is 13.3. The smallest absolute Gasteiger partial charge is 0.257 e. The third-order valence-corrected chi connectivity index (χ3v) is 6.28. The van der Waals surface area contributed by atoms with Gasteiger partial charge in [-0.3, -0.25) is 4.79 Å². The predicted molar refractivity (Wildman–Crippen MR) is 119 cm³/mol. The van der Waals surface area contributed by atoms with Crippen LogP contribution in [0.2, 0.25) is 0 Å². The van der Waals surface area contributed by atoms with E-state index < -0.39 is 0 Å². The average molecular weight is 417 g/mol. The molecule has 6 heteroatoms. The number of H-pyrrole nitrogens is 1. The summed E-state index contributed by atoms with van der Waals surface area (Å²) in [5, 5.41) is 5.66. The number of hydrogen-bond acceptors (Lipinski definition) is 2. The normalized spacial score (nSPS) is 15.0. The highest BCUT2D eigenvalue weighted by Gasteiger charge is 2.28. The van der Waals surface area contributed by atoms with Gasteiger partial charge in [-0.1, -0.05) is 25.1 Å². The van der Waals surface area contributed by atoms with Gasteiger partial charge in [-0.25, -0.2) is 9.07 Å². The molecule has 2 aromatic heterocycles. The second-order valence-electron chi connectivity index (χ2n) is 8.13. The Morgan fingerprint density at radius 1 is 1.13 bits per heavy atom. The summed E-state index contributed by atoms with van der Waals surface area (Å²) in [5.41, 5.74) is 4.67. The van der Waals surface area contributed by atoms with Gasteiger partial charge in [0.1, 0.15) is 5.82 Å². The second-order valence-corrected chi connectivity index (χ2v) is 8.13. The van der Waals surface area contributed by atoms with Crippen LogP contribution in [0.5, 0.6) is 0 Å². The number of amides is 1. The lowest BCUT2D eigenvalue weighted by Gasteiger charge is -2.31. The van der Waals surface area contributed by atoms with Gasteiger partial charge >= 0.3 is 0 Å². The first-order valence-corrected chi connectivity index (χ1v) is 10.8. The number of para-hydroxylation sites is 1. The Morgan fingerprint density at radius 2 is 1.87 bits per heavy atom. The third-order valence-electron chi connectivity index (χ3n) is 6.28. The molecule has 1 fully saturated rings. The van der Waals surface area contributed by atoms with Crippen LogP contribution in [0.25, 0.3) is 16.6 Å². The van der Waals surface area contributed by atoms with Crippen molar-refractivity contribution in [3.05, 3.63) is 83.6 Å². The molecule has 0 unspecified atom stereocenters. The van der Waals surface area contributed by atoms with Gasteiger partial charge in [0, 0.05) is 30.2 Å². The maximum absolute atomic E-state index is 13.3. The van der Waals surface area contributed by atoms with Crippen molar-refractivity contribution in [2.24, 2.45) is 0 Å². The Labute approximate surface area is 180 Å². The number of nitrogens with zero attached hydrogens (tertiary/aromatic N) is 3. The standard InChI is InChI=1S/C25H25FN4O/c1-2-24-21(16-27-30(24)20-9-7-19(26)8-10-20)25(31)29-13-11-17(12-14-29)23-15-18-5-3-4-6-22(18)28-23/h3-10,15-17,28H,2,11-14H2,1H3. The molecule has 0 aliphatic carbocycles. The Bertz CT molecular complexity index is 1180. The molecule has 1 amide bonds. The van der Waals surface area contributed by atoms with Crippen LogP contribution < -0.4 is 0 Å². The van der Waals surface area contributed by atoms with Gasteiger partial charge in [0.25, 0.3) is 5.91 Å². The van der Waals surface area contributed by atoms with Crippen LogP contribution >= 0.6 is 0 Å². The molecule has 0 radical (unpaired) electrons. The summed E-state index contributed by atoms with van der Waals surface area (Å²) in [4.78, 5) is 18.7. The molecular formula is C25H25FN4O. The van der Waals surface area contributed by atoms with E-state index in [0.717, 1.165) is 42.8 Å². The van der Waals surface area contributed by atoms with E-state index in [4.69, 9.17) is 0 Å². The number of benzene rings is 2. The number of likely N-dealkylation sites (tertiary alicyclic amines) is 1. The topological polar surface area (TPSA) is 53.9 Å². The number of nitrogens with one attached hydrogen (secondary N) is 1. The number of carbonyl (C=O) groups excluding carboxylic acids is 1. The molecule has 1 saturated heterocycles. The Kier molecular flexibility index (Phi) is 5.06. The van der Waals surface area contributed by atoms with Crippen LogP contribution in [0.4, 0.5) is 4.39 Å². The van der Waals surface area contributed by atoms with Crippen LogP contribution in [0.3, 0.4) is 0 Å². The zero-order valence-corrected chi connectivity index (χ0v) is 17.5. The minimum absolute atomic E-state index is 0.0281. The summed E-state index contributed by atoms with van der Waals surface area (Å²) in [6.45, 7) is 3.46. The number of halogens is 1. The zero-order valence-electron chi connectivity index (χ0n) is 17.5. The van der Waals surface area contributed by atoms with Crippen LogP contribution in [0.1, 0.15) is 47.4 Å². The maximum Gasteiger partial charge on any atom is 0.257 e. The van der Waals surface area contributed by atoms with Crippen molar-refractivity contribution < 1.29 is 9.18 Å². The summed E-state index contributed by atoms with van der Waals surface area (Å²) >= 11 is 0. The average Bonchev–Trinajstić information content (AvgIpc) is 3.43. The van der Waals surface area contributed by atoms with Gasteiger partial charge < -0.3 is 9.88 Å². The first-order valence-electron chi connectivity index (χ1n) is 10.8. The summed E-state index contributed by atoms with van der Waals surface area (Å²) in [6.07, 6.45) is 4.19. The van der Waals surface area contributed by atoms with E-state index in [9.17, 15) is 9.18 Å². The Balaban J connectivity index is 1.32. The number of carbonyl (C=O) groups is 1. The first-order chi connectivity index (χ1) is 15.1. The molecular weight excluding hydrogens is 391 g/mol. The molecule has 158 valence electrons. The first kappa shape index (κ1) is 19.5. The van der Waals surface area contributed by atoms with Gasteiger partial charge in [0.2, 0.25) is 0 Å². The van der Waals surface area contributed by atoms with Gasteiger partial charge in [0.15, 0.2) is 0 Å². The van der Waals surface area contributed by atoms with Crippen molar-refractivity contribution in [2.45, 2.75) is 32.1 Å². The summed E-state index contributed by atoms with van der Waals surface area (Å²) < 4.78 is 15.0. The largest absolute Gasteiger partial charge is 0.358 e. The summed E-state index contributed by atoms with van der Waals surface area (Å²) in [7, 11) is 0. The molecule has 0 bridgehead atoms. The van der Waals surface area contributed by atoms with E-state index in [1.54, 1.807) is 23.0 Å². The van der Waals surface area contributed by atoms with Crippen LogP contribution in [0.15, 0.2) is 60.8 Å². The second kappa shape index (κ2) is 8.02. The van der Waals surface area contributed by atoms with Crippen molar-refractivity contribution in [3.63, 3.8) is 0 Å². The number of hydrogen-bond donors (Lipinski definition) is 1. The van der Waals surface area contributed by atoms with Gasteiger partial charge in [-0.15, -0.1) is 0 Å². The van der Waals surface area contributed by atoms with E-state index in [-0.39, 0.29) is 11.7 Å². The molecule has 0 saturated carbocycles.